The highest BCUT2D eigenvalue weighted by Gasteiger charge is 2.43. The van der Waals surface area contributed by atoms with E-state index in [2.05, 4.69) is 17.0 Å². The van der Waals surface area contributed by atoms with Crippen LogP contribution in [0.25, 0.3) is 0 Å². The number of hydrogen-bond acceptors (Lipinski definition) is 4. The average molecular weight is 331 g/mol. The molecule has 0 unspecified atom stereocenters. The van der Waals surface area contributed by atoms with E-state index in [0.717, 1.165) is 18.8 Å². The average Bonchev–Trinajstić information content (AvgIpc) is 2.62. The van der Waals surface area contributed by atoms with Crippen LogP contribution in [0.15, 0.2) is 30.3 Å². The molecule has 2 aliphatic heterocycles. The van der Waals surface area contributed by atoms with Crippen molar-refractivity contribution < 1.29 is 14.7 Å². The smallest absolute Gasteiger partial charge is 0.256 e. The predicted molar refractivity (Wildman–Crippen MR) is 91.7 cm³/mol. The third-order valence-corrected chi connectivity index (χ3v) is 5.00. The standard InChI is InChI=1S/C18H25N3O3/c1-15(22)21-9-5-8-18(24,14-21)17(23)20-12-10-19(11-13-20)16-6-3-2-4-7-16/h2-4,6-7,24H,5,8-14H2,1H3/t18-/m1/s1. The molecule has 2 amide bonds. The summed E-state index contributed by atoms with van der Waals surface area (Å²) < 4.78 is 0. The molecule has 3 rings (SSSR count). The molecule has 1 N–H and O–H groups in total. The summed E-state index contributed by atoms with van der Waals surface area (Å²) >= 11 is 0. The number of para-hydroxylation sites is 1. The van der Waals surface area contributed by atoms with Gasteiger partial charge in [-0.1, -0.05) is 18.2 Å². The highest BCUT2D eigenvalue weighted by molar-refractivity contribution is 5.86. The van der Waals surface area contributed by atoms with E-state index < -0.39 is 5.60 Å². The number of nitrogens with zero attached hydrogens (tertiary/aromatic N) is 3. The number of hydrogen-bond donors (Lipinski definition) is 1. The van der Waals surface area contributed by atoms with Gasteiger partial charge in [0.05, 0.1) is 6.54 Å². The number of carbonyl (C=O) groups excluding carboxylic acids is 2. The van der Waals surface area contributed by atoms with Crippen molar-refractivity contribution in [2.45, 2.75) is 25.4 Å². The van der Waals surface area contributed by atoms with E-state index in [-0.39, 0.29) is 18.4 Å². The van der Waals surface area contributed by atoms with Crippen molar-refractivity contribution in [1.29, 1.82) is 0 Å². The van der Waals surface area contributed by atoms with Crippen molar-refractivity contribution in [3.8, 4) is 0 Å². The lowest BCUT2D eigenvalue weighted by Crippen LogP contribution is -2.61. The van der Waals surface area contributed by atoms with Crippen molar-refractivity contribution in [2.24, 2.45) is 0 Å². The summed E-state index contributed by atoms with van der Waals surface area (Å²) in [6.07, 6.45) is 1.08. The van der Waals surface area contributed by atoms with Gasteiger partial charge in [-0.15, -0.1) is 0 Å². The van der Waals surface area contributed by atoms with Crippen LogP contribution in [0.2, 0.25) is 0 Å². The minimum absolute atomic E-state index is 0.0881. The fourth-order valence-electron chi connectivity index (χ4n) is 3.58. The molecule has 0 bridgehead atoms. The van der Waals surface area contributed by atoms with Gasteiger partial charge in [-0.3, -0.25) is 9.59 Å². The Balaban J connectivity index is 1.61. The predicted octanol–water partition coefficient (Wildman–Crippen LogP) is 0.709. The number of likely N-dealkylation sites (tertiary alicyclic amines) is 1. The van der Waals surface area contributed by atoms with Gasteiger partial charge in [0.2, 0.25) is 5.91 Å². The molecule has 0 aromatic heterocycles. The molecule has 130 valence electrons. The van der Waals surface area contributed by atoms with Crippen LogP contribution in [0.4, 0.5) is 5.69 Å². The molecule has 2 fully saturated rings. The summed E-state index contributed by atoms with van der Waals surface area (Å²) in [6, 6.07) is 10.1. The van der Waals surface area contributed by atoms with Gasteiger partial charge in [-0.05, 0) is 25.0 Å². The molecule has 6 nitrogen and oxygen atoms in total. The lowest BCUT2D eigenvalue weighted by Gasteiger charge is -2.43. The summed E-state index contributed by atoms with van der Waals surface area (Å²) in [5, 5.41) is 10.8. The first-order valence-corrected chi connectivity index (χ1v) is 8.57. The zero-order valence-electron chi connectivity index (χ0n) is 14.1. The number of aliphatic hydroxyl groups is 1. The van der Waals surface area contributed by atoms with Crippen LogP contribution in [0.3, 0.4) is 0 Å². The van der Waals surface area contributed by atoms with Gasteiger partial charge in [0.25, 0.3) is 5.91 Å². The first-order valence-electron chi connectivity index (χ1n) is 8.57. The first kappa shape index (κ1) is 16.8. The number of carbonyl (C=O) groups is 2. The van der Waals surface area contributed by atoms with E-state index in [0.29, 0.717) is 32.5 Å². The Bertz CT molecular complexity index is 599. The lowest BCUT2D eigenvalue weighted by atomic mass is 9.91. The van der Waals surface area contributed by atoms with Gasteiger partial charge >= 0.3 is 0 Å². The molecule has 1 aromatic carbocycles. The molecule has 2 saturated heterocycles. The Morgan fingerprint density at radius 3 is 2.29 bits per heavy atom. The topological polar surface area (TPSA) is 64.1 Å². The molecule has 0 aliphatic carbocycles. The zero-order chi connectivity index (χ0) is 17.2. The van der Waals surface area contributed by atoms with Crippen LogP contribution >= 0.6 is 0 Å². The summed E-state index contributed by atoms with van der Waals surface area (Å²) in [5.41, 5.74) is -0.275. The van der Waals surface area contributed by atoms with Crippen LogP contribution < -0.4 is 4.90 Å². The summed E-state index contributed by atoms with van der Waals surface area (Å²) in [4.78, 5) is 29.9. The van der Waals surface area contributed by atoms with Gasteiger partial charge in [-0.2, -0.15) is 0 Å². The van der Waals surface area contributed by atoms with Crippen LogP contribution in [-0.4, -0.2) is 71.6 Å². The Kier molecular flexibility index (Phi) is 4.76. The van der Waals surface area contributed by atoms with Gasteiger partial charge < -0.3 is 19.8 Å². The van der Waals surface area contributed by atoms with E-state index in [1.54, 1.807) is 9.80 Å². The Hall–Kier alpha value is -2.08. The maximum atomic E-state index is 12.8. The van der Waals surface area contributed by atoms with Crippen molar-refractivity contribution in [3.05, 3.63) is 30.3 Å². The maximum Gasteiger partial charge on any atom is 0.256 e. The van der Waals surface area contributed by atoms with Crippen LogP contribution in [0.5, 0.6) is 0 Å². The van der Waals surface area contributed by atoms with E-state index in [1.807, 2.05) is 18.2 Å². The van der Waals surface area contributed by atoms with Crippen LogP contribution in [-0.2, 0) is 9.59 Å². The van der Waals surface area contributed by atoms with Gasteiger partial charge in [0.15, 0.2) is 5.60 Å². The second kappa shape index (κ2) is 6.81. The minimum Gasteiger partial charge on any atom is -0.378 e. The van der Waals surface area contributed by atoms with Crippen molar-refractivity contribution in [1.82, 2.24) is 9.80 Å². The van der Waals surface area contributed by atoms with Gasteiger partial charge in [0.1, 0.15) is 0 Å². The fraction of sp³-hybridized carbons (Fsp3) is 0.556. The van der Waals surface area contributed by atoms with Gasteiger partial charge in [0, 0.05) is 45.3 Å². The molecule has 0 spiro atoms. The monoisotopic (exact) mass is 331 g/mol. The molecule has 24 heavy (non-hydrogen) atoms. The highest BCUT2D eigenvalue weighted by atomic mass is 16.3. The zero-order valence-corrected chi connectivity index (χ0v) is 14.1. The third kappa shape index (κ3) is 3.38. The molecular formula is C18H25N3O3. The number of rotatable bonds is 2. The normalized spacial score (nSPS) is 24.8. The van der Waals surface area contributed by atoms with Crippen molar-refractivity contribution in [3.63, 3.8) is 0 Å². The highest BCUT2D eigenvalue weighted by Crippen LogP contribution is 2.25. The first-order chi connectivity index (χ1) is 11.5. The number of amides is 2. The molecule has 1 atom stereocenters. The molecule has 0 radical (unpaired) electrons. The van der Waals surface area contributed by atoms with E-state index >= 15 is 0 Å². The molecule has 2 aliphatic rings. The summed E-state index contributed by atoms with van der Waals surface area (Å²) in [5.74, 6) is -0.323. The van der Waals surface area contributed by atoms with Crippen LogP contribution in [0, 0.1) is 0 Å². The molecule has 2 heterocycles. The number of anilines is 1. The fourth-order valence-corrected chi connectivity index (χ4v) is 3.58. The Morgan fingerprint density at radius 1 is 1.00 bits per heavy atom. The molecular weight excluding hydrogens is 306 g/mol. The number of β-amino-alcohol motifs (C(OH)–C–C–N with tert-alkyl or cyclic N) is 1. The maximum absolute atomic E-state index is 12.8. The molecule has 1 aromatic rings. The minimum atomic E-state index is -1.43. The number of benzene rings is 1. The third-order valence-electron chi connectivity index (χ3n) is 5.00. The number of piperidine rings is 1. The summed E-state index contributed by atoms with van der Waals surface area (Å²) in [6.45, 7) is 4.90. The largest absolute Gasteiger partial charge is 0.378 e. The van der Waals surface area contributed by atoms with Crippen LogP contribution in [0.1, 0.15) is 19.8 Å². The Morgan fingerprint density at radius 2 is 1.67 bits per heavy atom. The number of piperazine rings is 1. The molecule has 0 saturated carbocycles. The second-order valence-electron chi connectivity index (χ2n) is 6.69. The van der Waals surface area contributed by atoms with E-state index in [4.69, 9.17) is 0 Å². The lowest BCUT2D eigenvalue weighted by molar-refractivity contribution is -0.160. The SMILES string of the molecule is CC(=O)N1CCC[C@](O)(C(=O)N2CCN(c3ccccc3)CC2)C1. The second-order valence-corrected chi connectivity index (χ2v) is 6.69. The van der Waals surface area contributed by atoms with Crippen molar-refractivity contribution in [2.75, 3.05) is 44.2 Å². The Labute approximate surface area is 142 Å². The molecule has 6 heteroatoms. The van der Waals surface area contributed by atoms with E-state index in [1.165, 1.54) is 6.92 Å². The van der Waals surface area contributed by atoms with Gasteiger partial charge in [-0.25, -0.2) is 0 Å². The quantitative estimate of drug-likeness (QED) is 0.867. The summed E-state index contributed by atoms with van der Waals surface area (Å²) in [7, 11) is 0. The van der Waals surface area contributed by atoms with Crippen molar-refractivity contribution >= 4 is 17.5 Å². The van der Waals surface area contributed by atoms with E-state index in [9.17, 15) is 14.7 Å².